The number of esters is 1. The number of nitrogens with one attached hydrogen (secondary N) is 2. The van der Waals surface area contributed by atoms with Crippen molar-refractivity contribution in [3.05, 3.63) is 0 Å². The second-order valence-electron chi connectivity index (χ2n) is 13.4. The first kappa shape index (κ1) is 44.8. The standard InChI is InChI=1S/C38H73N3O6/c1-3-5-7-9-11-13-14-15-17-19-21-25-32-47-38(46)34(41-37(45)33(39)27-26-30-36(43)44)28-23-24-31-40-35(42)29-22-20-18-16-12-10-8-6-4-2/h33-34H,3-32,39H2,1-2H3,(H,40,42)(H,41,45)(H,43,44)/t33?,34-/m0/s1. The van der Waals surface area contributed by atoms with Crippen molar-refractivity contribution in [1.29, 1.82) is 0 Å². The highest BCUT2D eigenvalue weighted by molar-refractivity contribution is 5.87. The maximum absolute atomic E-state index is 12.9. The molecule has 47 heavy (non-hydrogen) atoms. The van der Waals surface area contributed by atoms with Gasteiger partial charge in [-0.2, -0.15) is 0 Å². The van der Waals surface area contributed by atoms with Gasteiger partial charge in [-0.1, -0.05) is 136 Å². The number of carboxylic acids is 1. The van der Waals surface area contributed by atoms with Crippen LogP contribution in [0.2, 0.25) is 0 Å². The predicted molar refractivity (Wildman–Crippen MR) is 192 cm³/mol. The molecule has 0 aliphatic heterocycles. The van der Waals surface area contributed by atoms with E-state index in [0.717, 1.165) is 32.1 Å². The van der Waals surface area contributed by atoms with E-state index in [1.54, 1.807) is 0 Å². The van der Waals surface area contributed by atoms with Gasteiger partial charge in [-0.05, 0) is 44.9 Å². The summed E-state index contributed by atoms with van der Waals surface area (Å²) in [5.41, 5.74) is 5.97. The van der Waals surface area contributed by atoms with Gasteiger partial charge in [0, 0.05) is 19.4 Å². The molecule has 0 heterocycles. The summed E-state index contributed by atoms with van der Waals surface area (Å²) in [5, 5.41) is 14.6. The quantitative estimate of drug-likeness (QED) is 0.0391. The second-order valence-corrected chi connectivity index (χ2v) is 13.4. The van der Waals surface area contributed by atoms with E-state index in [-0.39, 0.29) is 25.2 Å². The number of carbonyl (C=O) groups excluding carboxylic acids is 3. The van der Waals surface area contributed by atoms with Crippen LogP contribution in [0, 0.1) is 0 Å². The highest BCUT2D eigenvalue weighted by atomic mass is 16.5. The van der Waals surface area contributed by atoms with Crippen molar-refractivity contribution in [2.45, 2.75) is 206 Å². The maximum Gasteiger partial charge on any atom is 0.328 e. The molecule has 0 aromatic carbocycles. The number of carbonyl (C=O) groups is 4. The number of aliphatic carboxylic acids is 1. The van der Waals surface area contributed by atoms with Crippen molar-refractivity contribution in [3.8, 4) is 0 Å². The Morgan fingerprint density at radius 3 is 1.60 bits per heavy atom. The number of nitrogens with two attached hydrogens (primary N) is 1. The Kier molecular flexibility index (Phi) is 32.2. The largest absolute Gasteiger partial charge is 0.481 e. The number of unbranched alkanes of at least 4 members (excludes halogenated alkanes) is 20. The minimum absolute atomic E-state index is 0.0592. The summed E-state index contributed by atoms with van der Waals surface area (Å²) in [6, 6.07) is -1.70. The highest BCUT2D eigenvalue weighted by Crippen LogP contribution is 2.13. The fraction of sp³-hybridized carbons (Fsp3) is 0.895. The van der Waals surface area contributed by atoms with Crippen LogP contribution in [0.25, 0.3) is 0 Å². The molecule has 2 amide bonds. The third-order valence-corrected chi connectivity index (χ3v) is 8.83. The van der Waals surface area contributed by atoms with Gasteiger partial charge in [0.05, 0.1) is 12.6 Å². The molecule has 0 saturated heterocycles. The van der Waals surface area contributed by atoms with Gasteiger partial charge in [0.1, 0.15) is 6.04 Å². The lowest BCUT2D eigenvalue weighted by Crippen LogP contribution is -2.49. The number of ether oxygens (including phenoxy) is 1. The Morgan fingerprint density at radius 2 is 1.09 bits per heavy atom. The van der Waals surface area contributed by atoms with Gasteiger partial charge in [-0.15, -0.1) is 0 Å². The molecule has 0 aromatic heterocycles. The van der Waals surface area contributed by atoms with Gasteiger partial charge in [0.2, 0.25) is 11.8 Å². The molecule has 2 atom stereocenters. The number of rotatable bonds is 35. The molecule has 0 bridgehead atoms. The van der Waals surface area contributed by atoms with Crippen LogP contribution >= 0.6 is 0 Å². The lowest BCUT2D eigenvalue weighted by molar-refractivity contribution is -0.148. The lowest BCUT2D eigenvalue weighted by atomic mass is 10.1. The number of carboxylic acid groups (broad SMARTS) is 1. The molecule has 0 aliphatic rings. The van der Waals surface area contributed by atoms with E-state index >= 15 is 0 Å². The number of amides is 2. The van der Waals surface area contributed by atoms with Gasteiger partial charge < -0.3 is 26.2 Å². The Hall–Kier alpha value is -2.16. The zero-order valence-electron chi connectivity index (χ0n) is 30.4. The summed E-state index contributed by atoms with van der Waals surface area (Å²) in [6.45, 7) is 5.32. The van der Waals surface area contributed by atoms with Crippen LogP contribution in [0.4, 0.5) is 0 Å². The van der Waals surface area contributed by atoms with Gasteiger partial charge in [-0.25, -0.2) is 4.79 Å². The van der Waals surface area contributed by atoms with Gasteiger partial charge >= 0.3 is 11.9 Å². The van der Waals surface area contributed by atoms with Gasteiger partial charge in [0.15, 0.2) is 0 Å². The van der Waals surface area contributed by atoms with E-state index < -0.39 is 29.9 Å². The molecule has 0 fully saturated rings. The minimum Gasteiger partial charge on any atom is -0.481 e. The zero-order chi connectivity index (χ0) is 34.8. The first-order chi connectivity index (χ1) is 22.8. The first-order valence-electron chi connectivity index (χ1n) is 19.5. The van der Waals surface area contributed by atoms with E-state index in [0.29, 0.717) is 38.8 Å². The van der Waals surface area contributed by atoms with E-state index in [1.165, 1.54) is 103 Å². The van der Waals surface area contributed by atoms with Crippen LogP contribution in [0.5, 0.6) is 0 Å². The van der Waals surface area contributed by atoms with E-state index in [9.17, 15) is 19.2 Å². The number of hydrogen-bond acceptors (Lipinski definition) is 6. The van der Waals surface area contributed by atoms with Crippen LogP contribution in [0.15, 0.2) is 0 Å². The lowest BCUT2D eigenvalue weighted by Gasteiger charge is -2.20. The second kappa shape index (κ2) is 33.7. The molecule has 1 unspecified atom stereocenters. The van der Waals surface area contributed by atoms with E-state index in [4.69, 9.17) is 15.6 Å². The predicted octanol–water partition coefficient (Wildman–Crippen LogP) is 8.51. The highest BCUT2D eigenvalue weighted by Gasteiger charge is 2.24. The van der Waals surface area contributed by atoms with Crippen LogP contribution in [0.1, 0.15) is 194 Å². The smallest absolute Gasteiger partial charge is 0.328 e. The summed E-state index contributed by atoms with van der Waals surface area (Å²) in [4.78, 5) is 48.6. The molecule has 9 heteroatoms. The van der Waals surface area contributed by atoms with Crippen molar-refractivity contribution >= 4 is 23.8 Å². The molecule has 0 radical (unpaired) electrons. The number of hydrogen-bond donors (Lipinski definition) is 4. The molecule has 0 spiro atoms. The summed E-state index contributed by atoms with van der Waals surface area (Å²) < 4.78 is 5.54. The van der Waals surface area contributed by atoms with Crippen LogP contribution in [-0.4, -0.2) is 54.1 Å². The van der Waals surface area contributed by atoms with E-state index in [1.807, 2.05) is 0 Å². The summed E-state index contributed by atoms with van der Waals surface area (Å²) in [5.74, 6) is -1.81. The molecule has 276 valence electrons. The van der Waals surface area contributed by atoms with Gasteiger partial charge in [-0.3, -0.25) is 14.4 Å². The molecular weight excluding hydrogens is 594 g/mol. The SMILES string of the molecule is CCCCCCCCCCCCCCOC(=O)[C@H](CCCCNC(=O)CCCCCCCCCCC)NC(=O)C(N)CCCC(=O)O. The molecule has 9 nitrogen and oxygen atoms in total. The fourth-order valence-corrected chi connectivity index (χ4v) is 5.73. The van der Waals surface area contributed by atoms with Crippen LogP contribution in [0.3, 0.4) is 0 Å². The molecular formula is C38H73N3O6. The zero-order valence-corrected chi connectivity index (χ0v) is 30.4. The average Bonchev–Trinajstić information content (AvgIpc) is 3.04. The van der Waals surface area contributed by atoms with Crippen molar-refractivity contribution in [3.63, 3.8) is 0 Å². The molecule has 0 rings (SSSR count). The topological polar surface area (TPSA) is 148 Å². The van der Waals surface area contributed by atoms with Crippen molar-refractivity contribution in [2.24, 2.45) is 5.73 Å². The van der Waals surface area contributed by atoms with Crippen molar-refractivity contribution < 1.29 is 29.0 Å². The first-order valence-corrected chi connectivity index (χ1v) is 19.5. The summed E-state index contributed by atoms with van der Waals surface area (Å²) in [7, 11) is 0. The van der Waals surface area contributed by atoms with Crippen molar-refractivity contribution in [1.82, 2.24) is 10.6 Å². The van der Waals surface area contributed by atoms with Crippen molar-refractivity contribution in [2.75, 3.05) is 13.2 Å². The molecule has 0 aliphatic carbocycles. The van der Waals surface area contributed by atoms with E-state index in [2.05, 4.69) is 24.5 Å². The minimum atomic E-state index is -0.933. The summed E-state index contributed by atoms with van der Waals surface area (Å²) in [6.07, 6.45) is 28.4. The molecule has 0 aromatic rings. The molecule has 5 N–H and O–H groups in total. The monoisotopic (exact) mass is 668 g/mol. The van der Waals surface area contributed by atoms with Crippen LogP contribution < -0.4 is 16.4 Å². The Balaban J connectivity index is 4.33. The average molecular weight is 668 g/mol. The maximum atomic E-state index is 12.9. The third-order valence-electron chi connectivity index (χ3n) is 8.83. The normalized spacial score (nSPS) is 12.4. The van der Waals surface area contributed by atoms with Crippen LogP contribution in [-0.2, 0) is 23.9 Å². The Bertz CT molecular complexity index is 779. The van der Waals surface area contributed by atoms with Gasteiger partial charge in [0.25, 0.3) is 0 Å². The summed E-state index contributed by atoms with van der Waals surface area (Å²) >= 11 is 0. The molecule has 0 saturated carbocycles. The fourth-order valence-electron chi connectivity index (χ4n) is 5.73. The third kappa shape index (κ3) is 30.9. The Labute approximate surface area is 287 Å². The Morgan fingerprint density at radius 1 is 0.596 bits per heavy atom.